The number of carbonyl (C=O) groups is 5. The molecule has 46 heavy (non-hydrogen) atoms. The van der Waals surface area contributed by atoms with Gasteiger partial charge in [-0.05, 0) is 49.6 Å². The molecule has 252 valence electrons. The van der Waals surface area contributed by atoms with E-state index >= 15 is 0 Å². The lowest BCUT2D eigenvalue weighted by atomic mass is 9.97. The second-order valence-corrected chi connectivity index (χ2v) is 11.1. The molecule has 0 saturated carbocycles. The number of hydrogen-bond acceptors (Lipinski definition) is 9. The molecule has 0 aliphatic rings. The van der Waals surface area contributed by atoms with E-state index in [2.05, 4.69) is 16.0 Å². The van der Waals surface area contributed by atoms with Crippen LogP contribution in [0.2, 0.25) is 0 Å². The van der Waals surface area contributed by atoms with Gasteiger partial charge in [0.1, 0.15) is 41.5 Å². The lowest BCUT2D eigenvalue weighted by molar-refractivity contribution is -0.142. The van der Waals surface area contributed by atoms with Gasteiger partial charge in [0.05, 0.1) is 26.4 Å². The first-order chi connectivity index (χ1) is 21.7. The second kappa shape index (κ2) is 18.5. The Morgan fingerprint density at radius 1 is 0.870 bits per heavy atom. The highest BCUT2D eigenvalue weighted by atomic mass is 19.1. The fourth-order valence-electron chi connectivity index (χ4n) is 3.97. The lowest BCUT2D eigenvalue weighted by Crippen LogP contribution is -2.44. The van der Waals surface area contributed by atoms with Crippen LogP contribution in [0.15, 0.2) is 42.5 Å². The summed E-state index contributed by atoms with van der Waals surface area (Å²) in [6.45, 7) is 6.80. The topological polar surface area (TPSA) is 195 Å². The minimum atomic E-state index is -1.62. The third-order valence-electron chi connectivity index (χ3n) is 6.17. The molecule has 13 nitrogen and oxygen atoms in total. The Morgan fingerprint density at radius 3 is 1.96 bits per heavy atom. The van der Waals surface area contributed by atoms with Crippen molar-refractivity contribution < 1.29 is 52.1 Å². The number of nitrogens with one attached hydrogen (secondary N) is 3. The van der Waals surface area contributed by atoms with E-state index in [9.17, 15) is 37.9 Å². The molecule has 0 bridgehead atoms. The molecule has 0 aromatic heterocycles. The van der Waals surface area contributed by atoms with Crippen LogP contribution in [-0.4, -0.2) is 86.4 Å². The van der Waals surface area contributed by atoms with Crippen molar-refractivity contribution in [1.29, 1.82) is 0 Å². The van der Waals surface area contributed by atoms with Gasteiger partial charge in [-0.25, -0.2) is 18.4 Å². The zero-order chi connectivity index (χ0) is 34.3. The maximum atomic E-state index is 13.6. The number of carboxylic acid groups (broad SMARTS) is 1. The van der Waals surface area contributed by atoms with Gasteiger partial charge < -0.3 is 45.8 Å². The van der Waals surface area contributed by atoms with E-state index in [-0.39, 0.29) is 57.8 Å². The second-order valence-electron chi connectivity index (χ2n) is 11.1. The number of alkyl carbamates (subject to hydrolysis) is 1. The zero-order valence-electron chi connectivity index (χ0n) is 25.8. The van der Waals surface area contributed by atoms with Gasteiger partial charge in [-0.2, -0.15) is 0 Å². The smallest absolute Gasteiger partial charge is 0.407 e. The number of aliphatic carboxylic acids is 1. The van der Waals surface area contributed by atoms with Crippen molar-refractivity contribution in [3.63, 3.8) is 0 Å². The van der Waals surface area contributed by atoms with E-state index in [0.29, 0.717) is 17.2 Å². The Bertz CT molecular complexity index is 1320. The highest BCUT2D eigenvalue weighted by Crippen LogP contribution is 2.18. The van der Waals surface area contributed by atoms with Crippen LogP contribution in [0.4, 0.5) is 13.6 Å². The highest BCUT2D eigenvalue weighted by Gasteiger charge is 2.27. The van der Waals surface area contributed by atoms with E-state index < -0.39 is 59.1 Å². The summed E-state index contributed by atoms with van der Waals surface area (Å²) >= 11 is 0. The van der Waals surface area contributed by atoms with Crippen molar-refractivity contribution in [1.82, 2.24) is 16.0 Å². The van der Waals surface area contributed by atoms with Gasteiger partial charge in [-0.15, -0.1) is 0 Å². The predicted molar refractivity (Wildman–Crippen MR) is 161 cm³/mol. The maximum Gasteiger partial charge on any atom is 0.407 e. The van der Waals surface area contributed by atoms with E-state index in [1.807, 2.05) is 0 Å². The standard InChI is InChI=1S/C31H40F2N4O9/c1-31(2,3)46-30(43)36-9-11-45-13-12-44-10-8-35-28(40)26(34)20-6-4-19(5-7-20)14-25(29(41)42)37-27(39)24(18-38)21-15-22(32)17-23(33)16-21/h4-7,15-18,24-26H,8-14,34H2,1-3H3,(H,35,40)(H,36,43)(H,37,39)(H,41,42)/t24?,25-,26-/m0/s1. The van der Waals surface area contributed by atoms with E-state index in [1.165, 1.54) is 24.3 Å². The average Bonchev–Trinajstić information content (AvgIpc) is 2.96. The van der Waals surface area contributed by atoms with Crippen molar-refractivity contribution in [2.45, 2.75) is 50.8 Å². The van der Waals surface area contributed by atoms with Gasteiger partial charge in [0.25, 0.3) is 0 Å². The lowest BCUT2D eigenvalue weighted by Gasteiger charge is -2.19. The summed E-state index contributed by atoms with van der Waals surface area (Å²) in [7, 11) is 0. The van der Waals surface area contributed by atoms with Crippen LogP contribution < -0.4 is 21.7 Å². The summed E-state index contributed by atoms with van der Waals surface area (Å²) in [5, 5.41) is 17.1. The molecule has 0 aliphatic heterocycles. The molecule has 0 fully saturated rings. The number of nitrogens with two attached hydrogens (primary N) is 1. The summed E-state index contributed by atoms with van der Waals surface area (Å²) < 4.78 is 43.0. The summed E-state index contributed by atoms with van der Waals surface area (Å²) in [4.78, 5) is 59.9. The summed E-state index contributed by atoms with van der Waals surface area (Å²) in [5.74, 6) is -6.50. The van der Waals surface area contributed by atoms with Crippen molar-refractivity contribution >= 4 is 30.2 Å². The van der Waals surface area contributed by atoms with Crippen LogP contribution in [0.25, 0.3) is 0 Å². The summed E-state index contributed by atoms with van der Waals surface area (Å²) in [6.07, 6.45) is -0.547. The molecule has 0 heterocycles. The quantitative estimate of drug-likeness (QED) is 0.0901. The molecule has 2 aromatic rings. The molecule has 6 N–H and O–H groups in total. The van der Waals surface area contributed by atoms with Crippen LogP contribution in [0.5, 0.6) is 0 Å². The molecule has 0 spiro atoms. The number of hydrogen-bond donors (Lipinski definition) is 5. The summed E-state index contributed by atoms with van der Waals surface area (Å²) in [6, 6.07) is 5.87. The number of ether oxygens (including phenoxy) is 3. The van der Waals surface area contributed by atoms with Crippen LogP contribution in [0, 0.1) is 11.6 Å². The van der Waals surface area contributed by atoms with Crippen molar-refractivity contribution in [3.8, 4) is 0 Å². The Morgan fingerprint density at radius 2 is 1.43 bits per heavy atom. The van der Waals surface area contributed by atoms with Crippen molar-refractivity contribution in [2.75, 3.05) is 39.5 Å². The fraction of sp³-hybridized carbons (Fsp3) is 0.452. The van der Waals surface area contributed by atoms with Crippen LogP contribution >= 0.6 is 0 Å². The van der Waals surface area contributed by atoms with Gasteiger partial charge in [0.15, 0.2) is 0 Å². The molecular formula is C31H40F2N4O9. The van der Waals surface area contributed by atoms with E-state index in [4.69, 9.17) is 19.9 Å². The highest BCUT2D eigenvalue weighted by molar-refractivity contribution is 5.99. The van der Waals surface area contributed by atoms with Gasteiger partial charge in [-0.1, -0.05) is 24.3 Å². The average molecular weight is 651 g/mol. The number of halogens is 2. The SMILES string of the molecule is CC(C)(C)OC(=O)NCCOCCOCCNC(=O)[C@@H](N)c1ccc(C[C@H](NC(=O)C(C=O)c2cc(F)cc(F)c2)C(=O)O)cc1. The first-order valence-electron chi connectivity index (χ1n) is 14.4. The number of carbonyl (C=O) groups excluding carboxylic acids is 4. The normalized spacial score (nSPS) is 13.2. The molecule has 0 aliphatic carbocycles. The monoisotopic (exact) mass is 650 g/mol. The fourth-order valence-corrected chi connectivity index (χ4v) is 3.97. The number of rotatable bonds is 18. The van der Waals surface area contributed by atoms with Gasteiger partial charge in [0.2, 0.25) is 11.8 Å². The Hall–Kier alpha value is -4.47. The molecule has 2 rings (SSSR count). The minimum Gasteiger partial charge on any atom is -0.480 e. The van der Waals surface area contributed by atoms with Crippen LogP contribution in [0.1, 0.15) is 49.4 Å². The third-order valence-corrected chi connectivity index (χ3v) is 6.17. The first kappa shape index (κ1) is 37.7. The van der Waals surface area contributed by atoms with E-state index in [0.717, 1.165) is 12.1 Å². The van der Waals surface area contributed by atoms with E-state index in [1.54, 1.807) is 20.8 Å². The molecule has 0 saturated heterocycles. The Balaban J connectivity index is 1.74. The Kier molecular flexibility index (Phi) is 15.2. The van der Waals surface area contributed by atoms with Crippen molar-refractivity contribution in [3.05, 3.63) is 70.8 Å². The minimum absolute atomic E-state index is 0.168. The van der Waals surface area contributed by atoms with Crippen molar-refractivity contribution in [2.24, 2.45) is 5.73 Å². The number of aldehydes is 1. The molecule has 0 radical (unpaired) electrons. The maximum absolute atomic E-state index is 13.6. The number of amides is 3. The molecule has 1 unspecified atom stereocenters. The predicted octanol–water partition coefficient (Wildman–Crippen LogP) is 1.73. The van der Waals surface area contributed by atoms with Gasteiger partial charge >= 0.3 is 12.1 Å². The largest absolute Gasteiger partial charge is 0.480 e. The molecule has 15 heteroatoms. The molecule has 3 atom stereocenters. The first-order valence-corrected chi connectivity index (χ1v) is 14.4. The molecule has 2 aromatic carbocycles. The number of carboxylic acids is 1. The van der Waals surface area contributed by atoms with Gasteiger partial charge in [0, 0.05) is 25.6 Å². The summed E-state index contributed by atoms with van der Waals surface area (Å²) in [5.41, 5.74) is 6.12. The Labute approximate surface area is 265 Å². The molecule has 3 amide bonds. The van der Waals surface area contributed by atoms with Gasteiger partial charge in [-0.3, -0.25) is 9.59 Å². The number of benzene rings is 2. The zero-order valence-corrected chi connectivity index (χ0v) is 25.8. The van der Waals surface area contributed by atoms with Crippen LogP contribution in [0.3, 0.4) is 0 Å². The third kappa shape index (κ3) is 13.7. The molecular weight excluding hydrogens is 610 g/mol. The van der Waals surface area contributed by atoms with Crippen LogP contribution in [-0.2, 0) is 39.8 Å².